The van der Waals surface area contributed by atoms with E-state index in [0.29, 0.717) is 23.0 Å². The van der Waals surface area contributed by atoms with Crippen molar-refractivity contribution in [2.24, 2.45) is 0 Å². The predicted molar refractivity (Wildman–Crippen MR) is 401 cm³/mol. The van der Waals surface area contributed by atoms with Gasteiger partial charge < -0.3 is 20.4 Å². The van der Waals surface area contributed by atoms with Crippen LogP contribution >= 0.6 is 47.0 Å². The number of hydrogen-bond acceptors (Lipinski definition) is 8. The van der Waals surface area contributed by atoms with Crippen LogP contribution in [0.15, 0.2) is 299 Å². The number of thioether (sulfide) groups is 4. The highest BCUT2D eigenvalue weighted by molar-refractivity contribution is 8.03. The highest BCUT2D eigenvalue weighted by Gasteiger charge is 2.25. The fraction of sp³-hybridized carbons (Fsp3) is 0.153. The third-order valence-electron chi connectivity index (χ3n) is 16.5. The first-order chi connectivity index (χ1) is 45.1. The second-order valence-electron chi connectivity index (χ2n) is 24.9. The standard InChI is InChI=1S/C46H46O2S2.C39H32O2S2/c1-45(2,3)33-27-37(31-17-9-7-10-18-31)43(47)39(29-33)35-21-13-15-23-41(35)49-25-26-50-42-24-16-14-22-36(42)40-30-34(46(4,5)6)28-38(44(40)48)32-19-11-8-12-20-32;40-38-30(28-14-3-1-4-15-28)20-11-22-34(38)32-18-7-9-24-36(32)42-26-13-27-43-37-25-10-8-19-33(37)35-23-12-21-31(39(35)41)29-16-5-2-6-17-29/h7-24,27-30,47-48H,25-26H2,1-6H3;1-12,14-25,40-41H,13,26-27H2. The average Bonchev–Trinajstić information content (AvgIpc) is 0.894. The minimum atomic E-state index is -0.0825. The van der Waals surface area contributed by atoms with Gasteiger partial charge in [0.15, 0.2) is 0 Å². The van der Waals surface area contributed by atoms with Crippen LogP contribution in [-0.2, 0) is 10.8 Å². The summed E-state index contributed by atoms with van der Waals surface area (Å²) in [6, 6.07) is 94.4. The number of aromatic hydroxyl groups is 4. The molecule has 12 rings (SSSR count). The first-order valence-electron chi connectivity index (χ1n) is 31.6. The van der Waals surface area contributed by atoms with E-state index in [9.17, 15) is 20.4 Å². The Hall–Kier alpha value is -8.76. The van der Waals surface area contributed by atoms with Crippen LogP contribution in [0.1, 0.15) is 59.1 Å². The van der Waals surface area contributed by atoms with E-state index in [0.717, 1.165) is 138 Å². The van der Waals surface area contributed by atoms with Crippen molar-refractivity contribution < 1.29 is 20.4 Å². The zero-order valence-electron chi connectivity index (χ0n) is 53.5. The second kappa shape index (κ2) is 30.3. The van der Waals surface area contributed by atoms with Gasteiger partial charge in [0.2, 0.25) is 0 Å². The van der Waals surface area contributed by atoms with Gasteiger partial charge in [-0.2, -0.15) is 0 Å². The van der Waals surface area contributed by atoms with Gasteiger partial charge in [-0.25, -0.2) is 0 Å². The maximum atomic E-state index is 11.7. The fourth-order valence-corrected chi connectivity index (χ4v) is 15.8. The molecule has 93 heavy (non-hydrogen) atoms. The molecule has 8 heteroatoms. The van der Waals surface area contributed by atoms with Crippen molar-refractivity contribution in [1.29, 1.82) is 0 Å². The number of para-hydroxylation sites is 2. The summed E-state index contributed by atoms with van der Waals surface area (Å²) in [6.45, 7) is 13.3. The molecule has 0 atom stereocenters. The van der Waals surface area contributed by atoms with Gasteiger partial charge in [0.05, 0.1) is 0 Å². The molecular formula is C85H78O4S4. The van der Waals surface area contributed by atoms with E-state index in [1.165, 1.54) is 11.1 Å². The van der Waals surface area contributed by atoms with Crippen molar-refractivity contribution in [2.45, 2.75) is 78.4 Å². The van der Waals surface area contributed by atoms with Crippen LogP contribution in [0.5, 0.6) is 23.0 Å². The number of benzene rings is 12. The Balaban J connectivity index is 0.000000192. The lowest BCUT2D eigenvalue weighted by atomic mass is 9.82. The summed E-state index contributed by atoms with van der Waals surface area (Å²) >= 11 is 7.28. The molecule has 0 fully saturated rings. The van der Waals surface area contributed by atoms with Gasteiger partial charge in [0, 0.05) is 75.6 Å². The van der Waals surface area contributed by atoms with Crippen LogP contribution in [0.2, 0.25) is 0 Å². The predicted octanol–water partition coefficient (Wildman–Crippen LogP) is 24.3. The Kier molecular flexibility index (Phi) is 21.4. The molecule has 0 aromatic heterocycles. The summed E-state index contributed by atoms with van der Waals surface area (Å²) in [7, 11) is 0. The van der Waals surface area contributed by atoms with E-state index in [1.54, 1.807) is 0 Å². The Morgan fingerprint density at radius 3 is 0.763 bits per heavy atom. The van der Waals surface area contributed by atoms with E-state index in [2.05, 4.69) is 175 Å². The van der Waals surface area contributed by atoms with E-state index in [-0.39, 0.29) is 10.8 Å². The molecule has 0 saturated carbocycles. The normalized spacial score (nSPS) is 11.5. The van der Waals surface area contributed by atoms with Crippen molar-refractivity contribution in [3.8, 4) is 112 Å². The van der Waals surface area contributed by atoms with Gasteiger partial charge >= 0.3 is 0 Å². The average molecular weight is 1290 g/mol. The lowest BCUT2D eigenvalue weighted by Gasteiger charge is -2.23. The first kappa shape index (κ1) is 65.7. The lowest BCUT2D eigenvalue weighted by Crippen LogP contribution is -2.11. The molecule has 12 aromatic rings. The summed E-state index contributed by atoms with van der Waals surface area (Å²) < 4.78 is 0. The van der Waals surface area contributed by atoms with Crippen molar-refractivity contribution in [1.82, 2.24) is 0 Å². The second-order valence-corrected chi connectivity index (χ2v) is 29.5. The third-order valence-corrected chi connectivity index (χ3v) is 21.2. The van der Waals surface area contributed by atoms with Crippen molar-refractivity contribution in [3.63, 3.8) is 0 Å². The highest BCUT2D eigenvalue weighted by atomic mass is 32.2. The quantitative estimate of drug-likeness (QED) is 0.0471. The van der Waals surface area contributed by atoms with Crippen molar-refractivity contribution in [2.75, 3.05) is 23.0 Å². The third kappa shape index (κ3) is 15.8. The van der Waals surface area contributed by atoms with Crippen LogP contribution in [0.25, 0.3) is 89.0 Å². The molecular weight excluding hydrogens is 1210 g/mol. The largest absolute Gasteiger partial charge is 0.507 e. The number of hydrogen-bond donors (Lipinski definition) is 4. The minimum absolute atomic E-state index is 0.0825. The van der Waals surface area contributed by atoms with Gasteiger partial charge in [-0.15, -0.1) is 47.0 Å². The van der Waals surface area contributed by atoms with Gasteiger partial charge in [-0.1, -0.05) is 272 Å². The van der Waals surface area contributed by atoms with Crippen LogP contribution in [0.4, 0.5) is 0 Å². The number of rotatable bonds is 19. The van der Waals surface area contributed by atoms with Crippen LogP contribution in [0, 0.1) is 0 Å². The highest BCUT2D eigenvalue weighted by Crippen LogP contribution is 2.49. The zero-order chi connectivity index (χ0) is 64.9. The summed E-state index contributed by atoms with van der Waals surface area (Å²) in [4.78, 5) is 4.61. The Bertz CT molecular complexity index is 4190. The van der Waals surface area contributed by atoms with Crippen molar-refractivity contribution in [3.05, 3.63) is 290 Å². The van der Waals surface area contributed by atoms with E-state index in [1.807, 2.05) is 193 Å². The lowest BCUT2D eigenvalue weighted by molar-refractivity contribution is 0.477. The molecule has 0 spiro atoms. The summed E-state index contributed by atoms with van der Waals surface area (Å²) in [5.41, 5.74) is 17.2. The van der Waals surface area contributed by atoms with Crippen molar-refractivity contribution >= 4 is 47.0 Å². The molecule has 0 saturated heterocycles. The van der Waals surface area contributed by atoms with Crippen LogP contribution in [-0.4, -0.2) is 43.4 Å². The van der Waals surface area contributed by atoms with E-state index in [4.69, 9.17) is 0 Å². The zero-order valence-corrected chi connectivity index (χ0v) is 56.8. The molecule has 0 aliphatic rings. The minimum Gasteiger partial charge on any atom is -0.507 e. The topological polar surface area (TPSA) is 80.9 Å². The van der Waals surface area contributed by atoms with E-state index < -0.39 is 0 Å². The van der Waals surface area contributed by atoms with Crippen LogP contribution in [0.3, 0.4) is 0 Å². The first-order valence-corrected chi connectivity index (χ1v) is 35.6. The molecule has 0 heterocycles. The Morgan fingerprint density at radius 2 is 0.452 bits per heavy atom. The number of phenols is 4. The summed E-state index contributed by atoms with van der Waals surface area (Å²) in [5.74, 6) is 4.93. The maximum absolute atomic E-state index is 11.7. The molecule has 0 radical (unpaired) electrons. The maximum Gasteiger partial charge on any atom is 0.131 e. The molecule has 12 aromatic carbocycles. The Morgan fingerprint density at radius 1 is 0.226 bits per heavy atom. The molecule has 4 N–H and O–H groups in total. The SMILES string of the molecule is CC(C)(C)c1cc(-c2ccccc2)c(O)c(-c2ccccc2SCCSc2ccccc2-c2cc(C(C)(C)C)cc(-c3ccccc3)c2O)c1.Oc1c(-c2ccccc2)cccc1-c1ccccc1SCCCSc1ccccc1-c1cccc(-c2ccccc2)c1O. The van der Waals surface area contributed by atoms with E-state index >= 15 is 0 Å². The molecule has 0 unspecified atom stereocenters. The van der Waals surface area contributed by atoms with Gasteiger partial charge in [-0.3, -0.25) is 0 Å². The monoisotopic (exact) mass is 1290 g/mol. The molecule has 0 bridgehead atoms. The summed E-state index contributed by atoms with van der Waals surface area (Å²) in [5, 5.41) is 45.9. The molecule has 0 amide bonds. The van der Waals surface area contributed by atoms with Gasteiger partial charge in [0.1, 0.15) is 23.0 Å². The molecule has 4 nitrogen and oxygen atoms in total. The van der Waals surface area contributed by atoms with Gasteiger partial charge in [0.25, 0.3) is 0 Å². The molecule has 0 aliphatic heterocycles. The molecule has 0 aliphatic carbocycles. The van der Waals surface area contributed by atoms with Gasteiger partial charge in [-0.05, 0) is 133 Å². The molecule has 466 valence electrons. The number of phenolic OH excluding ortho intramolecular Hbond substituents is 4. The summed E-state index contributed by atoms with van der Waals surface area (Å²) in [6.07, 6.45) is 1.02. The fourth-order valence-electron chi connectivity index (χ4n) is 11.4. The van der Waals surface area contributed by atoms with Crippen LogP contribution < -0.4 is 0 Å². The Labute approximate surface area is 566 Å². The smallest absolute Gasteiger partial charge is 0.131 e.